The third-order valence-corrected chi connectivity index (χ3v) is 6.20. The summed E-state index contributed by atoms with van der Waals surface area (Å²) in [6, 6.07) is 8.67. The van der Waals surface area contributed by atoms with Crippen LogP contribution < -0.4 is 5.32 Å². The molecule has 1 fully saturated rings. The lowest BCUT2D eigenvalue weighted by Crippen LogP contribution is -2.41. The van der Waals surface area contributed by atoms with Gasteiger partial charge in [0.25, 0.3) is 0 Å². The van der Waals surface area contributed by atoms with Gasteiger partial charge in [0.2, 0.25) is 0 Å². The van der Waals surface area contributed by atoms with Crippen LogP contribution in [-0.4, -0.2) is 37.2 Å². The van der Waals surface area contributed by atoms with Gasteiger partial charge in [0.05, 0.1) is 18.6 Å². The van der Waals surface area contributed by atoms with E-state index in [0.29, 0.717) is 29.5 Å². The summed E-state index contributed by atoms with van der Waals surface area (Å²) in [5.74, 6) is 1.44. The molecule has 2 atom stereocenters. The van der Waals surface area contributed by atoms with Crippen LogP contribution in [0.25, 0.3) is 0 Å². The zero-order valence-corrected chi connectivity index (χ0v) is 19.4. The summed E-state index contributed by atoms with van der Waals surface area (Å²) in [7, 11) is 0. The maximum absolute atomic E-state index is 13.1. The van der Waals surface area contributed by atoms with Gasteiger partial charge < -0.3 is 14.8 Å². The largest absolute Gasteiger partial charge is 0.433 e. The molecule has 34 heavy (non-hydrogen) atoms. The second kappa shape index (κ2) is 9.61. The van der Waals surface area contributed by atoms with E-state index in [-0.39, 0.29) is 12.1 Å². The Labute approximate surface area is 200 Å². The molecule has 1 aromatic carbocycles. The Hall–Kier alpha value is -3.14. The maximum atomic E-state index is 13.1. The van der Waals surface area contributed by atoms with Gasteiger partial charge in [0, 0.05) is 17.8 Å². The number of urea groups is 1. The van der Waals surface area contributed by atoms with Gasteiger partial charge in [0.1, 0.15) is 11.5 Å². The van der Waals surface area contributed by atoms with Crippen molar-refractivity contribution >= 4 is 17.6 Å². The summed E-state index contributed by atoms with van der Waals surface area (Å²) >= 11 is 5.99. The van der Waals surface area contributed by atoms with Crippen molar-refractivity contribution in [3.63, 3.8) is 0 Å². The van der Waals surface area contributed by atoms with Crippen LogP contribution in [0.15, 0.2) is 42.6 Å². The summed E-state index contributed by atoms with van der Waals surface area (Å²) in [6.07, 6.45) is -1.82. The number of benzene rings is 1. The fourth-order valence-corrected chi connectivity index (χ4v) is 4.20. The van der Waals surface area contributed by atoms with Crippen molar-refractivity contribution in [2.24, 2.45) is 0 Å². The van der Waals surface area contributed by atoms with Gasteiger partial charge in [-0.1, -0.05) is 29.8 Å². The number of rotatable bonds is 5. The van der Waals surface area contributed by atoms with Crippen LogP contribution in [0, 0.1) is 6.92 Å². The van der Waals surface area contributed by atoms with Crippen molar-refractivity contribution in [1.82, 2.24) is 30.0 Å². The molecule has 2 amide bonds. The summed E-state index contributed by atoms with van der Waals surface area (Å²) in [4.78, 5) is 18.3. The molecule has 1 N–H and O–H groups in total. The quantitative estimate of drug-likeness (QED) is 0.523. The molecular weight excluding hydrogens is 469 g/mol. The number of nitrogens with zero attached hydrogens (tertiary/aromatic N) is 5. The first-order chi connectivity index (χ1) is 16.1. The summed E-state index contributed by atoms with van der Waals surface area (Å²) in [6.45, 7) is 4.66. The van der Waals surface area contributed by atoms with Crippen molar-refractivity contribution in [3.8, 4) is 0 Å². The summed E-state index contributed by atoms with van der Waals surface area (Å²) in [5, 5.41) is 12.1. The maximum Gasteiger partial charge on any atom is 0.433 e. The number of nitrogens with one attached hydrogen (secondary N) is 1. The average Bonchev–Trinajstić information content (AvgIpc) is 3.42. The number of hydrogen-bond donors (Lipinski definition) is 1. The predicted octanol–water partition coefficient (Wildman–Crippen LogP) is 5.31. The van der Waals surface area contributed by atoms with Gasteiger partial charge >= 0.3 is 12.2 Å². The lowest BCUT2D eigenvalue weighted by Gasteiger charge is -2.27. The SMILES string of the molecule is Cc1nnc([C@H]2CCCN2C(=O)N[C@@H](C)c2ccc(C(F)(F)F)nc2)n1Cc1ccc(Cl)cc1. The third kappa shape index (κ3) is 5.16. The van der Waals surface area contributed by atoms with E-state index < -0.39 is 17.9 Å². The van der Waals surface area contributed by atoms with E-state index >= 15 is 0 Å². The monoisotopic (exact) mass is 492 g/mol. The molecule has 180 valence electrons. The molecule has 0 unspecified atom stereocenters. The smallest absolute Gasteiger partial charge is 0.331 e. The van der Waals surface area contributed by atoms with Gasteiger partial charge in [-0.05, 0) is 56.0 Å². The molecule has 11 heteroatoms. The first kappa shape index (κ1) is 24.0. The second-order valence-corrected chi connectivity index (χ2v) is 8.75. The zero-order valence-electron chi connectivity index (χ0n) is 18.7. The van der Waals surface area contributed by atoms with Crippen LogP contribution in [0.1, 0.15) is 60.3 Å². The summed E-state index contributed by atoms with van der Waals surface area (Å²) in [5.41, 5.74) is 0.551. The third-order valence-electron chi connectivity index (χ3n) is 5.95. The second-order valence-electron chi connectivity index (χ2n) is 8.32. The van der Waals surface area contributed by atoms with Gasteiger partial charge in [0.15, 0.2) is 5.82 Å². The minimum Gasteiger partial charge on any atom is -0.331 e. The van der Waals surface area contributed by atoms with Crippen molar-refractivity contribution in [2.45, 2.75) is 51.5 Å². The van der Waals surface area contributed by atoms with Crippen molar-refractivity contribution in [1.29, 1.82) is 0 Å². The lowest BCUT2D eigenvalue weighted by atomic mass is 10.1. The molecular formula is C23H24ClF3N6O. The van der Waals surface area contributed by atoms with E-state index in [2.05, 4.69) is 20.5 Å². The molecule has 1 saturated heterocycles. The first-order valence-electron chi connectivity index (χ1n) is 10.9. The number of pyridine rings is 1. The number of amides is 2. The van der Waals surface area contributed by atoms with Crippen LogP contribution >= 0.6 is 11.6 Å². The Balaban J connectivity index is 1.48. The Kier molecular flexibility index (Phi) is 6.79. The Bertz CT molecular complexity index is 1150. The molecule has 2 aromatic heterocycles. The Morgan fingerprint density at radius 3 is 2.59 bits per heavy atom. The van der Waals surface area contributed by atoms with E-state index in [1.807, 2.05) is 35.8 Å². The fourth-order valence-electron chi connectivity index (χ4n) is 4.07. The number of aromatic nitrogens is 4. The van der Waals surface area contributed by atoms with E-state index in [0.717, 1.165) is 36.5 Å². The minimum atomic E-state index is -4.51. The van der Waals surface area contributed by atoms with Crippen molar-refractivity contribution in [3.05, 3.63) is 76.1 Å². The number of hydrogen-bond acceptors (Lipinski definition) is 4. The molecule has 0 saturated carbocycles. The van der Waals surface area contributed by atoms with Crippen LogP contribution in [0.4, 0.5) is 18.0 Å². The molecule has 4 rings (SSSR count). The highest BCUT2D eigenvalue weighted by atomic mass is 35.5. The first-order valence-corrected chi connectivity index (χ1v) is 11.3. The fraction of sp³-hybridized carbons (Fsp3) is 0.391. The number of alkyl halides is 3. The average molecular weight is 493 g/mol. The number of likely N-dealkylation sites (tertiary alicyclic amines) is 1. The number of aryl methyl sites for hydroxylation is 1. The highest BCUT2D eigenvalue weighted by Crippen LogP contribution is 2.32. The Morgan fingerprint density at radius 2 is 1.94 bits per heavy atom. The van der Waals surface area contributed by atoms with Gasteiger partial charge in [-0.2, -0.15) is 13.2 Å². The van der Waals surface area contributed by atoms with Crippen LogP contribution in [-0.2, 0) is 12.7 Å². The molecule has 3 aromatic rings. The van der Waals surface area contributed by atoms with Crippen molar-refractivity contribution in [2.75, 3.05) is 6.54 Å². The van der Waals surface area contributed by atoms with Crippen LogP contribution in [0.3, 0.4) is 0 Å². The number of halogens is 4. The van der Waals surface area contributed by atoms with Gasteiger partial charge in [-0.15, -0.1) is 10.2 Å². The van der Waals surface area contributed by atoms with Gasteiger partial charge in [-0.25, -0.2) is 4.79 Å². The van der Waals surface area contributed by atoms with E-state index in [1.54, 1.807) is 11.8 Å². The molecule has 1 aliphatic rings. The van der Waals surface area contributed by atoms with E-state index in [1.165, 1.54) is 6.07 Å². The minimum absolute atomic E-state index is 0.258. The molecule has 0 radical (unpaired) electrons. The van der Waals surface area contributed by atoms with E-state index in [4.69, 9.17) is 11.6 Å². The molecule has 0 spiro atoms. The number of carbonyl (C=O) groups excluding carboxylic acids is 1. The highest BCUT2D eigenvalue weighted by molar-refractivity contribution is 6.30. The summed E-state index contributed by atoms with van der Waals surface area (Å²) < 4.78 is 40.3. The lowest BCUT2D eigenvalue weighted by molar-refractivity contribution is -0.141. The van der Waals surface area contributed by atoms with Crippen LogP contribution in [0.2, 0.25) is 5.02 Å². The van der Waals surface area contributed by atoms with Crippen molar-refractivity contribution < 1.29 is 18.0 Å². The number of carbonyl (C=O) groups is 1. The molecule has 0 aliphatic carbocycles. The normalized spacial score (nSPS) is 17.1. The van der Waals surface area contributed by atoms with Crippen LogP contribution in [0.5, 0.6) is 0 Å². The standard InChI is InChI=1S/C23H24ClF3N6O/c1-14(17-7-10-20(28-12-17)23(25,26)27)29-22(34)32-11-3-4-19(32)21-31-30-15(2)33(21)13-16-5-8-18(24)9-6-16/h5-10,12,14,19H,3-4,11,13H2,1-2H3,(H,29,34)/t14-,19+/m0/s1. The molecule has 0 bridgehead atoms. The van der Waals surface area contributed by atoms with E-state index in [9.17, 15) is 18.0 Å². The Morgan fingerprint density at radius 1 is 1.21 bits per heavy atom. The van der Waals surface area contributed by atoms with Gasteiger partial charge in [-0.3, -0.25) is 4.98 Å². The molecule has 3 heterocycles. The molecule has 7 nitrogen and oxygen atoms in total. The zero-order chi connectivity index (χ0) is 24.5. The topological polar surface area (TPSA) is 75.9 Å². The highest BCUT2D eigenvalue weighted by Gasteiger charge is 2.35. The molecule has 1 aliphatic heterocycles. The predicted molar refractivity (Wildman–Crippen MR) is 120 cm³/mol.